The number of nitrogen functional groups attached to an aromatic ring is 3. The summed E-state index contributed by atoms with van der Waals surface area (Å²) < 4.78 is 51.4. The van der Waals surface area contributed by atoms with Gasteiger partial charge in [-0.1, -0.05) is 78.8 Å². The van der Waals surface area contributed by atoms with E-state index in [2.05, 4.69) is 62.7 Å². The van der Waals surface area contributed by atoms with E-state index in [1.807, 2.05) is 129 Å². The van der Waals surface area contributed by atoms with Gasteiger partial charge in [-0.05, 0) is 111 Å². The number of nitrogens with zero attached hydrogens (tertiary/aromatic N) is 12. The highest BCUT2D eigenvalue weighted by atomic mass is 79.9. The number of methoxy groups -OCH3 is 3. The number of ether oxygens (including phenoxy) is 8. The maximum Gasteiger partial charge on any atom is 0.213 e. The molecule has 0 saturated heterocycles. The smallest absolute Gasteiger partial charge is 0.213 e. The van der Waals surface area contributed by atoms with Gasteiger partial charge >= 0.3 is 0 Å². The average Bonchev–Trinajstić information content (AvgIpc) is 1.48. The second-order valence-corrected chi connectivity index (χ2v) is 25.9. The zero-order chi connectivity index (χ0) is 73.2. The molecule has 0 radical (unpaired) electrons. The van der Waals surface area contributed by atoms with E-state index in [1.54, 1.807) is 70.9 Å². The van der Waals surface area contributed by atoms with Gasteiger partial charge in [-0.3, -0.25) is 13.2 Å². The van der Waals surface area contributed by atoms with Gasteiger partial charge in [0.05, 0.1) is 40.1 Å². The van der Waals surface area contributed by atoms with Gasteiger partial charge < -0.3 is 55.1 Å². The molecule has 3 aromatic carbocycles. The van der Waals surface area contributed by atoms with Crippen LogP contribution in [0.15, 0.2) is 115 Å². The number of halogens is 6. The number of hydrogen-bond donors (Lipinski definition) is 3. The topological polar surface area (TPSA) is 281 Å². The molecule has 29 heteroatoms. The first-order valence-electron chi connectivity index (χ1n) is 32.5. The first-order valence-corrected chi connectivity index (χ1v) is 35.2. The lowest BCUT2D eigenvalue weighted by atomic mass is 9.91. The van der Waals surface area contributed by atoms with Gasteiger partial charge in [0.25, 0.3) is 0 Å². The summed E-state index contributed by atoms with van der Waals surface area (Å²) in [6, 6.07) is 17.1. The quantitative estimate of drug-likeness (QED) is 0.0474. The van der Waals surface area contributed by atoms with Crippen molar-refractivity contribution in [2.75, 3.05) is 84.8 Å². The summed E-state index contributed by atoms with van der Waals surface area (Å²) >= 11 is 36.5. The van der Waals surface area contributed by atoms with E-state index in [0.717, 1.165) is 89.6 Å². The Morgan fingerprint density at radius 2 is 0.755 bits per heavy atom. The number of hydrogen-bond acceptors (Lipinski definition) is 20. The highest BCUT2D eigenvalue weighted by Gasteiger charge is 2.31. The average molecular weight is 1550 g/mol. The van der Waals surface area contributed by atoms with Crippen molar-refractivity contribution in [2.45, 2.75) is 80.1 Å². The van der Waals surface area contributed by atoms with E-state index < -0.39 is 0 Å². The monoisotopic (exact) mass is 1550 g/mol. The fourth-order valence-corrected chi connectivity index (χ4v) is 13.7. The van der Waals surface area contributed by atoms with Crippen LogP contribution in [-0.2, 0) is 9.47 Å². The predicted octanol–water partition coefficient (Wildman–Crippen LogP) is 16.8. The van der Waals surface area contributed by atoms with Gasteiger partial charge in [-0.15, -0.1) is 0 Å². The number of pyridine rings is 3. The molecule has 0 amide bonds. The Labute approximate surface area is 624 Å². The minimum atomic E-state index is -0.222. The van der Waals surface area contributed by atoms with Crippen LogP contribution in [0.1, 0.15) is 110 Å². The van der Waals surface area contributed by atoms with E-state index in [-0.39, 0.29) is 17.8 Å². The lowest BCUT2D eigenvalue weighted by Gasteiger charge is -2.22. The number of anilines is 3. The molecule has 0 bridgehead atoms. The number of imidazole rings is 3. The highest BCUT2D eigenvalue weighted by molar-refractivity contribution is 9.10. The maximum atomic E-state index is 6.76. The third kappa shape index (κ3) is 15.8. The van der Waals surface area contributed by atoms with Crippen molar-refractivity contribution in [2.24, 2.45) is 0 Å². The molecule has 0 spiro atoms. The second kappa shape index (κ2) is 33.9. The molecule has 0 aliphatic rings. The number of benzene rings is 3. The summed E-state index contributed by atoms with van der Waals surface area (Å²) in [5.41, 5.74) is 30.7. The van der Waals surface area contributed by atoms with Gasteiger partial charge in [0.2, 0.25) is 17.6 Å². The van der Waals surface area contributed by atoms with Crippen LogP contribution >= 0.6 is 73.9 Å². The molecule has 0 aliphatic carbocycles. The largest absolute Gasteiger partial charge is 0.493 e. The van der Waals surface area contributed by atoms with Crippen LogP contribution in [0.3, 0.4) is 0 Å². The molecule has 3 unspecified atom stereocenters. The Kier molecular flexibility index (Phi) is 25.1. The van der Waals surface area contributed by atoms with Crippen molar-refractivity contribution in [1.29, 1.82) is 0 Å². The Bertz CT molecular complexity index is 4740. The number of rotatable bonds is 24. The molecule has 0 saturated carbocycles. The summed E-state index contributed by atoms with van der Waals surface area (Å²) in [5.74, 6) is 6.38. The Morgan fingerprint density at radius 1 is 0.431 bits per heavy atom. The van der Waals surface area contributed by atoms with Crippen LogP contribution in [0.4, 0.5) is 17.5 Å². The SMILES string of the molecule is CCOc1c(C(C)c2nc(Br)c3c(N)nccn23)cc(Cl)c(C)c1-c1ccc(OCCOC)nc1.CCOc1c(C(C)c2nc(Cl)c3c(N)nccn23)cc(Cl)c(C)c1-c1ccc(OC)nc1.CCOc1c(C(C)c2nc(Cl)c3c(N)nccn23)cc(Cl)c(C)c1-c1ccc(OCCOC)nc1. The summed E-state index contributed by atoms with van der Waals surface area (Å²) in [6.07, 6.45) is 15.6. The Morgan fingerprint density at radius 3 is 1.07 bits per heavy atom. The van der Waals surface area contributed by atoms with Crippen molar-refractivity contribution in [3.8, 4) is 68.3 Å². The fraction of sp³-hybridized carbons (Fsp3) is 0.301. The molecule has 102 heavy (non-hydrogen) atoms. The molecule has 23 nitrogen and oxygen atoms in total. The molecule has 12 aromatic rings. The van der Waals surface area contributed by atoms with Crippen molar-refractivity contribution in [1.82, 2.24) is 58.1 Å². The molecule has 0 aliphatic heterocycles. The number of aromatic nitrogens is 12. The van der Waals surface area contributed by atoms with E-state index in [9.17, 15) is 0 Å². The summed E-state index contributed by atoms with van der Waals surface area (Å²) in [4.78, 5) is 39.7. The molecular weight excluding hydrogens is 1470 g/mol. The fourth-order valence-electron chi connectivity index (χ4n) is 11.9. The zero-order valence-electron chi connectivity index (χ0n) is 58.2. The molecule has 9 heterocycles. The predicted molar refractivity (Wildman–Crippen MR) is 406 cm³/mol. The maximum absolute atomic E-state index is 6.76. The van der Waals surface area contributed by atoms with Crippen LogP contribution in [0.25, 0.3) is 49.9 Å². The molecule has 3 atom stereocenters. The molecule has 9 aromatic heterocycles. The standard InChI is InChI=1S/C25H27BrClN5O3.C25H27Cl2N5O3.C23H23Cl2N5O2/c1-5-34-22-17(14(2)25-31-23(26)21-24(28)29-8-9-32(21)25)12-18(27)15(3)20(22)16-6-7-19(30-13-16)35-11-10-33-4;1-5-34-22-17(14(2)25-31-23(27)21-24(28)29-8-9-32(21)25)12-18(26)15(3)20(22)16-6-7-19(30-13-16)35-11-10-33-4;1-5-32-20-15(12(2)23-29-21(25)19-22(26)27-8-9-30(19)23)10-16(24)13(3)18(20)14-6-7-17(31-4)28-11-14/h2*6-9,12-14H,5,10-11H2,1-4H3,(H2,28,29);6-12H,5H2,1-4H3,(H2,26,27). The number of nitrogens with two attached hydrogens (primary N) is 3. The van der Waals surface area contributed by atoms with Gasteiger partial charge in [0.15, 0.2) is 27.8 Å². The first-order chi connectivity index (χ1) is 49.1. The lowest BCUT2D eigenvalue weighted by molar-refractivity contribution is 0.144. The van der Waals surface area contributed by atoms with Crippen molar-refractivity contribution in [3.63, 3.8) is 0 Å². The molecule has 6 N–H and O–H groups in total. The highest BCUT2D eigenvalue weighted by Crippen LogP contribution is 2.49. The van der Waals surface area contributed by atoms with Crippen LogP contribution < -0.4 is 45.6 Å². The van der Waals surface area contributed by atoms with Gasteiger partial charge in [0, 0.05) is 171 Å². The third-order valence-electron chi connectivity index (χ3n) is 17.0. The zero-order valence-corrected chi connectivity index (χ0v) is 63.6. The van der Waals surface area contributed by atoms with Crippen LogP contribution in [0, 0.1) is 20.8 Å². The second-order valence-electron chi connectivity index (χ2n) is 23.2. The summed E-state index contributed by atoms with van der Waals surface area (Å²) in [7, 11) is 4.84. The van der Waals surface area contributed by atoms with E-state index >= 15 is 0 Å². The van der Waals surface area contributed by atoms with Crippen molar-refractivity contribution >= 4 is 108 Å². The Balaban J connectivity index is 0.000000165. The van der Waals surface area contributed by atoms with Crippen molar-refractivity contribution in [3.05, 3.63) is 191 Å². The first kappa shape index (κ1) is 75.7. The Hall–Kier alpha value is -8.98. The van der Waals surface area contributed by atoms with E-state index in [4.69, 9.17) is 118 Å². The molecular formula is C73H77BrCl5N15O8. The van der Waals surface area contributed by atoms with E-state index in [0.29, 0.717) is 140 Å². The lowest BCUT2D eigenvalue weighted by Crippen LogP contribution is -2.09. The summed E-state index contributed by atoms with van der Waals surface area (Å²) in [5, 5.41) is 2.45. The van der Waals surface area contributed by atoms with Crippen molar-refractivity contribution < 1.29 is 37.9 Å². The molecule has 0 fully saturated rings. The molecule has 12 rings (SSSR count). The van der Waals surface area contributed by atoms with Gasteiger partial charge in [0.1, 0.15) is 69.1 Å². The summed E-state index contributed by atoms with van der Waals surface area (Å²) in [6.45, 7) is 21.2. The van der Waals surface area contributed by atoms with Gasteiger partial charge in [-0.25, -0.2) is 44.9 Å². The number of fused-ring (bicyclic) bond motifs is 3. The van der Waals surface area contributed by atoms with Gasteiger partial charge in [-0.2, -0.15) is 0 Å². The normalized spacial score (nSPS) is 12.2. The van der Waals surface area contributed by atoms with Crippen LogP contribution in [0.2, 0.25) is 25.4 Å². The molecule has 534 valence electrons. The third-order valence-corrected chi connectivity index (χ3v) is 19.3. The van der Waals surface area contributed by atoms with E-state index in [1.165, 1.54) is 0 Å². The van der Waals surface area contributed by atoms with Crippen LogP contribution in [-0.4, -0.2) is 126 Å². The minimum absolute atomic E-state index is 0.168. The minimum Gasteiger partial charge on any atom is -0.493 e. The van der Waals surface area contributed by atoms with Crippen LogP contribution in [0.5, 0.6) is 34.9 Å².